The molecule has 3 nitrogen and oxygen atoms in total. The van der Waals surface area contributed by atoms with Crippen LogP contribution in [-0.2, 0) is 4.79 Å². The van der Waals surface area contributed by atoms with Gasteiger partial charge in [-0.05, 0) is 56.9 Å². The maximum Gasteiger partial charge on any atom is 0.222 e. The minimum Gasteiger partial charge on any atom is -0.342 e. The average molecular weight is 250 g/mol. The van der Waals surface area contributed by atoms with Gasteiger partial charge in [0.25, 0.3) is 0 Å². The molecule has 1 N–H and O–H groups in total. The average Bonchev–Trinajstić information content (AvgIpc) is 2.42. The Balaban J connectivity index is 1.61. The molecule has 3 unspecified atom stereocenters. The van der Waals surface area contributed by atoms with Crippen LogP contribution in [0.1, 0.15) is 51.4 Å². The molecule has 1 aliphatic carbocycles. The molecule has 3 rings (SSSR count). The fraction of sp³-hybridized carbons (Fsp3) is 0.933. The topological polar surface area (TPSA) is 32.3 Å². The highest BCUT2D eigenvalue weighted by molar-refractivity contribution is 5.76. The van der Waals surface area contributed by atoms with Crippen molar-refractivity contribution in [3.63, 3.8) is 0 Å². The summed E-state index contributed by atoms with van der Waals surface area (Å²) >= 11 is 0. The monoisotopic (exact) mass is 250 g/mol. The van der Waals surface area contributed by atoms with Crippen LogP contribution in [0.25, 0.3) is 0 Å². The summed E-state index contributed by atoms with van der Waals surface area (Å²) in [5.41, 5.74) is 0. The summed E-state index contributed by atoms with van der Waals surface area (Å²) in [5.74, 6) is 2.00. The first kappa shape index (κ1) is 12.5. The van der Waals surface area contributed by atoms with Crippen molar-refractivity contribution < 1.29 is 4.79 Å². The molecule has 0 radical (unpaired) electrons. The van der Waals surface area contributed by atoms with Crippen LogP contribution in [-0.4, -0.2) is 36.5 Å². The molecule has 3 heteroatoms. The number of hydrogen-bond donors (Lipinski definition) is 1. The Kier molecular flexibility index (Phi) is 3.88. The third-order valence-corrected chi connectivity index (χ3v) is 5.17. The minimum atomic E-state index is 0.402. The van der Waals surface area contributed by atoms with Crippen molar-refractivity contribution in [2.75, 3.05) is 19.6 Å². The molecule has 1 amide bonds. The standard InChI is InChI=1S/C15H26N2O/c18-14-8-1-2-10-17(14)11-13-6-3-5-12-7-4-9-16-15(12)13/h12-13,15-16H,1-11H2. The lowest BCUT2D eigenvalue weighted by molar-refractivity contribution is -0.134. The molecule has 1 saturated carbocycles. The van der Waals surface area contributed by atoms with Crippen LogP contribution in [0.4, 0.5) is 0 Å². The first-order valence-electron chi connectivity index (χ1n) is 7.86. The van der Waals surface area contributed by atoms with Crippen molar-refractivity contribution in [2.24, 2.45) is 11.8 Å². The normalized spacial score (nSPS) is 37.4. The fourth-order valence-corrected chi connectivity index (χ4v) is 4.22. The Bertz CT molecular complexity index is 303. The molecule has 2 aliphatic heterocycles. The van der Waals surface area contributed by atoms with E-state index in [1.165, 1.54) is 45.1 Å². The van der Waals surface area contributed by atoms with E-state index in [1.54, 1.807) is 0 Å². The van der Waals surface area contributed by atoms with Gasteiger partial charge in [0.15, 0.2) is 0 Å². The van der Waals surface area contributed by atoms with E-state index in [-0.39, 0.29) is 0 Å². The minimum absolute atomic E-state index is 0.402. The summed E-state index contributed by atoms with van der Waals surface area (Å²) in [6.45, 7) is 3.21. The van der Waals surface area contributed by atoms with E-state index in [0.29, 0.717) is 17.9 Å². The van der Waals surface area contributed by atoms with Gasteiger partial charge in [-0.2, -0.15) is 0 Å². The number of piperidine rings is 2. The lowest BCUT2D eigenvalue weighted by Gasteiger charge is -2.44. The zero-order valence-corrected chi connectivity index (χ0v) is 11.4. The lowest BCUT2D eigenvalue weighted by Crippen LogP contribution is -2.52. The zero-order valence-electron chi connectivity index (χ0n) is 11.4. The zero-order chi connectivity index (χ0) is 12.4. The fourth-order valence-electron chi connectivity index (χ4n) is 4.22. The molecule has 0 spiro atoms. The first-order chi connectivity index (χ1) is 8.84. The second-order valence-corrected chi connectivity index (χ2v) is 6.37. The van der Waals surface area contributed by atoms with Crippen LogP contribution in [0, 0.1) is 11.8 Å². The highest BCUT2D eigenvalue weighted by atomic mass is 16.2. The highest BCUT2D eigenvalue weighted by Crippen LogP contribution is 2.35. The van der Waals surface area contributed by atoms with Gasteiger partial charge in [0, 0.05) is 25.6 Å². The molecule has 18 heavy (non-hydrogen) atoms. The van der Waals surface area contributed by atoms with Crippen LogP contribution in [0.5, 0.6) is 0 Å². The molecule has 2 heterocycles. The summed E-state index contributed by atoms with van der Waals surface area (Å²) in [6.07, 6.45) is 9.94. The van der Waals surface area contributed by atoms with Crippen LogP contribution >= 0.6 is 0 Å². The molecule has 102 valence electrons. The van der Waals surface area contributed by atoms with Crippen molar-refractivity contribution in [1.82, 2.24) is 10.2 Å². The largest absolute Gasteiger partial charge is 0.342 e. The molecule has 2 saturated heterocycles. The van der Waals surface area contributed by atoms with Crippen LogP contribution in [0.15, 0.2) is 0 Å². The number of amides is 1. The van der Waals surface area contributed by atoms with E-state index in [9.17, 15) is 4.79 Å². The maximum absolute atomic E-state index is 11.9. The third kappa shape index (κ3) is 2.56. The van der Waals surface area contributed by atoms with Crippen molar-refractivity contribution >= 4 is 5.91 Å². The third-order valence-electron chi connectivity index (χ3n) is 5.17. The Morgan fingerprint density at radius 3 is 2.89 bits per heavy atom. The van der Waals surface area contributed by atoms with Crippen molar-refractivity contribution in [2.45, 2.75) is 57.4 Å². The SMILES string of the molecule is O=C1CCCCN1CC1CCCC2CCCNC21. The maximum atomic E-state index is 11.9. The van der Waals surface area contributed by atoms with E-state index in [0.717, 1.165) is 31.8 Å². The second-order valence-electron chi connectivity index (χ2n) is 6.37. The molecule has 3 atom stereocenters. The molecule has 3 aliphatic rings. The van der Waals surface area contributed by atoms with E-state index in [1.807, 2.05) is 0 Å². The van der Waals surface area contributed by atoms with Gasteiger partial charge in [0.2, 0.25) is 5.91 Å². The number of fused-ring (bicyclic) bond motifs is 1. The van der Waals surface area contributed by atoms with Crippen LogP contribution in [0.2, 0.25) is 0 Å². The van der Waals surface area contributed by atoms with Gasteiger partial charge >= 0.3 is 0 Å². The Hall–Kier alpha value is -0.570. The quantitative estimate of drug-likeness (QED) is 0.814. The van der Waals surface area contributed by atoms with E-state index >= 15 is 0 Å². The number of likely N-dealkylation sites (tertiary alicyclic amines) is 1. The van der Waals surface area contributed by atoms with E-state index in [4.69, 9.17) is 0 Å². The smallest absolute Gasteiger partial charge is 0.222 e. The number of carbonyl (C=O) groups excluding carboxylic acids is 1. The van der Waals surface area contributed by atoms with Crippen molar-refractivity contribution in [1.29, 1.82) is 0 Å². The summed E-state index contributed by atoms with van der Waals surface area (Å²) in [4.78, 5) is 14.1. The lowest BCUT2D eigenvalue weighted by atomic mass is 9.73. The van der Waals surface area contributed by atoms with E-state index in [2.05, 4.69) is 10.2 Å². The molecule has 0 aromatic heterocycles. The Morgan fingerprint density at radius 2 is 2.00 bits per heavy atom. The van der Waals surface area contributed by atoms with Crippen molar-refractivity contribution in [3.8, 4) is 0 Å². The summed E-state index contributed by atoms with van der Waals surface area (Å²) < 4.78 is 0. The number of carbonyl (C=O) groups is 1. The summed E-state index contributed by atoms with van der Waals surface area (Å²) in [7, 11) is 0. The molecule has 0 aromatic carbocycles. The predicted molar refractivity (Wildman–Crippen MR) is 72.3 cm³/mol. The van der Waals surface area contributed by atoms with Gasteiger partial charge in [-0.3, -0.25) is 4.79 Å². The number of rotatable bonds is 2. The molecule has 0 aromatic rings. The molecular weight excluding hydrogens is 224 g/mol. The van der Waals surface area contributed by atoms with Crippen LogP contribution < -0.4 is 5.32 Å². The summed E-state index contributed by atoms with van der Waals surface area (Å²) in [5, 5.41) is 3.74. The highest BCUT2D eigenvalue weighted by Gasteiger charge is 2.36. The van der Waals surface area contributed by atoms with Crippen molar-refractivity contribution in [3.05, 3.63) is 0 Å². The van der Waals surface area contributed by atoms with Gasteiger partial charge in [-0.1, -0.05) is 6.42 Å². The molecule has 0 bridgehead atoms. The summed E-state index contributed by atoms with van der Waals surface area (Å²) in [6, 6.07) is 0.697. The first-order valence-corrected chi connectivity index (χ1v) is 7.86. The van der Waals surface area contributed by atoms with Gasteiger partial charge in [-0.25, -0.2) is 0 Å². The number of nitrogens with zero attached hydrogens (tertiary/aromatic N) is 1. The predicted octanol–water partition coefficient (Wildman–Crippen LogP) is 2.17. The van der Waals surface area contributed by atoms with Gasteiger partial charge < -0.3 is 10.2 Å². The number of hydrogen-bond acceptors (Lipinski definition) is 2. The van der Waals surface area contributed by atoms with Crippen LogP contribution in [0.3, 0.4) is 0 Å². The van der Waals surface area contributed by atoms with Gasteiger partial charge in [-0.15, -0.1) is 0 Å². The Labute approximate surface area is 110 Å². The second kappa shape index (κ2) is 5.60. The molecule has 3 fully saturated rings. The van der Waals surface area contributed by atoms with Gasteiger partial charge in [0.1, 0.15) is 0 Å². The molecular formula is C15H26N2O. The van der Waals surface area contributed by atoms with Gasteiger partial charge in [0.05, 0.1) is 0 Å². The van der Waals surface area contributed by atoms with E-state index < -0.39 is 0 Å². The Morgan fingerprint density at radius 1 is 1.11 bits per heavy atom. The number of nitrogens with one attached hydrogen (secondary N) is 1.